The van der Waals surface area contributed by atoms with Crippen LogP contribution in [0.5, 0.6) is 5.88 Å². The van der Waals surface area contributed by atoms with E-state index in [0.717, 1.165) is 18.5 Å². The van der Waals surface area contributed by atoms with Gasteiger partial charge in [0.25, 0.3) is 5.91 Å². The number of aromatic nitrogens is 2. The van der Waals surface area contributed by atoms with Gasteiger partial charge in [-0.25, -0.2) is 4.68 Å². The van der Waals surface area contributed by atoms with E-state index < -0.39 is 0 Å². The number of nitrogens with one attached hydrogen (secondary N) is 1. The Balaban J connectivity index is 1.72. The standard InChI is InChI=1S/C17H21BrN4O2/c1-21(2)13(12-7-4-3-5-8-12)11-19-16(23)15-14(18)17-22(20-15)9-6-10-24-17/h3-5,7-8,13H,6,9-11H2,1-2H3,(H,19,23). The summed E-state index contributed by atoms with van der Waals surface area (Å²) in [5, 5.41) is 7.35. The summed E-state index contributed by atoms with van der Waals surface area (Å²) in [6.45, 7) is 1.93. The Morgan fingerprint density at radius 1 is 1.42 bits per heavy atom. The molecule has 6 nitrogen and oxygen atoms in total. The van der Waals surface area contributed by atoms with Crippen molar-refractivity contribution in [3.8, 4) is 5.88 Å². The maximum absolute atomic E-state index is 12.6. The number of nitrogens with zero attached hydrogens (tertiary/aromatic N) is 3. The van der Waals surface area contributed by atoms with Crippen molar-refractivity contribution in [1.82, 2.24) is 20.0 Å². The average molecular weight is 393 g/mol. The van der Waals surface area contributed by atoms with Gasteiger partial charge >= 0.3 is 0 Å². The van der Waals surface area contributed by atoms with Crippen LogP contribution >= 0.6 is 15.9 Å². The van der Waals surface area contributed by atoms with Gasteiger partial charge in [0.2, 0.25) is 5.88 Å². The summed E-state index contributed by atoms with van der Waals surface area (Å²) in [6.07, 6.45) is 0.902. The quantitative estimate of drug-likeness (QED) is 0.848. The van der Waals surface area contributed by atoms with E-state index in [0.29, 0.717) is 29.2 Å². The molecule has 0 fully saturated rings. The smallest absolute Gasteiger partial charge is 0.273 e. The van der Waals surface area contributed by atoms with Crippen LogP contribution < -0.4 is 10.1 Å². The van der Waals surface area contributed by atoms with Crippen LogP contribution in [0, 0.1) is 0 Å². The molecule has 1 N–H and O–H groups in total. The fourth-order valence-electron chi connectivity index (χ4n) is 2.79. The van der Waals surface area contributed by atoms with Crippen LogP contribution in [0.3, 0.4) is 0 Å². The predicted octanol–water partition coefficient (Wildman–Crippen LogP) is 2.46. The number of hydrogen-bond donors (Lipinski definition) is 1. The first-order chi connectivity index (χ1) is 11.6. The molecule has 0 bridgehead atoms. The van der Waals surface area contributed by atoms with E-state index >= 15 is 0 Å². The Bertz CT molecular complexity index is 715. The summed E-state index contributed by atoms with van der Waals surface area (Å²) in [4.78, 5) is 14.6. The number of aryl methyl sites for hydroxylation is 1. The molecule has 1 aliphatic heterocycles. The minimum absolute atomic E-state index is 0.0995. The summed E-state index contributed by atoms with van der Waals surface area (Å²) < 4.78 is 7.95. The number of rotatable bonds is 5. The summed E-state index contributed by atoms with van der Waals surface area (Å²) >= 11 is 3.44. The Labute approximate surface area is 149 Å². The van der Waals surface area contributed by atoms with Crippen LogP contribution in [0.15, 0.2) is 34.8 Å². The molecule has 0 saturated heterocycles. The van der Waals surface area contributed by atoms with E-state index in [2.05, 4.69) is 43.4 Å². The molecule has 128 valence electrons. The van der Waals surface area contributed by atoms with Gasteiger partial charge in [0.15, 0.2) is 5.69 Å². The Kier molecular flexibility index (Phi) is 5.20. The highest BCUT2D eigenvalue weighted by molar-refractivity contribution is 9.10. The highest BCUT2D eigenvalue weighted by Crippen LogP contribution is 2.31. The Morgan fingerprint density at radius 3 is 2.83 bits per heavy atom. The van der Waals surface area contributed by atoms with Gasteiger partial charge < -0.3 is 15.0 Å². The highest BCUT2D eigenvalue weighted by Gasteiger charge is 2.25. The third-order valence-electron chi connectivity index (χ3n) is 4.08. The SMILES string of the molecule is CN(C)C(CNC(=O)c1nn2c(c1Br)OCCC2)c1ccccc1. The van der Waals surface area contributed by atoms with Crippen LogP contribution in [0.2, 0.25) is 0 Å². The number of carbonyl (C=O) groups is 1. The van der Waals surface area contributed by atoms with Crippen molar-refractivity contribution in [3.05, 3.63) is 46.1 Å². The van der Waals surface area contributed by atoms with Crippen molar-refractivity contribution in [2.75, 3.05) is 27.2 Å². The van der Waals surface area contributed by atoms with Crippen LogP contribution in [-0.4, -0.2) is 47.8 Å². The van der Waals surface area contributed by atoms with Gasteiger partial charge in [0.05, 0.1) is 12.6 Å². The monoisotopic (exact) mass is 392 g/mol. The van der Waals surface area contributed by atoms with Crippen LogP contribution in [0.1, 0.15) is 28.5 Å². The summed E-state index contributed by atoms with van der Waals surface area (Å²) in [5.74, 6) is 0.439. The van der Waals surface area contributed by atoms with Crippen molar-refractivity contribution >= 4 is 21.8 Å². The van der Waals surface area contributed by atoms with Gasteiger partial charge in [0, 0.05) is 19.5 Å². The fourth-order valence-corrected chi connectivity index (χ4v) is 3.37. The largest absolute Gasteiger partial charge is 0.477 e. The molecule has 1 amide bonds. The lowest BCUT2D eigenvalue weighted by Gasteiger charge is -2.25. The average Bonchev–Trinajstić information content (AvgIpc) is 2.93. The summed E-state index contributed by atoms with van der Waals surface area (Å²) in [7, 11) is 4.01. The molecule has 3 rings (SSSR count). The number of amides is 1. The normalized spacial score (nSPS) is 14.8. The molecule has 2 heterocycles. The third kappa shape index (κ3) is 3.47. The molecular formula is C17H21BrN4O2. The first kappa shape index (κ1) is 17.0. The molecule has 2 aromatic rings. The number of ether oxygens (including phenoxy) is 1. The van der Waals surface area contributed by atoms with Crippen molar-refractivity contribution in [2.24, 2.45) is 0 Å². The lowest BCUT2D eigenvalue weighted by Crippen LogP contribution is -2.34. The highest BCUT2D eigenvalue weighted by atomic mass is 79.9. The van der Waals surface area contributed by atoms with Gasteiger partial charge in [-0.1, -0.05) is 30.3 Å². The molecule has 1 aromatic heterocycles. The lowest BCUT2D eigenvalue weighted by molar-refractivity contribution is 0.0935. The molecule has 1 atom stereocenters. The fraction of sp³-hybridized carbons (Fsp3) is 0.412. The third-order valence-corrected chi connectivity index (χ3v) is 4.80. The first-order valence-corrected chi connectivity index (χ1v) is 8.76. The summed E-state index contributed by atoms with van der Waals surface area (Å²) in [5.41, 5.74) is 1.53. The van der Waals surface area contributed by atoms with E-state index in [1.54, 1.807) is 4.68 Å². The molecule has 0 radical (unpaired) electrons. The molecule has 7 heteroatoms. The van der Waals surface area contributed by atoms with E-state index in [-0.39, 0.29) is 11.9 Å². The number of hydrogen-bond acceptors (Lipinski definition) is 4. The topological polar surface area (TPSA) is 59.4 Å². The van der Waals surface area contributed by atoms with E-state index in [1.807, 2.05) is 32.3 Å². The van der Waals surface area contributed by atoms with Crippen molar-refractivity contribution < 1.29 is 9.53 Å². The van der Waals surface area contributed by atoms with Crippen molar-refractivity contribution in [1.29, 1.82) is 0 Å². The molecule has 1 aliphatic rings. The predicted molar refractivity (Wildman–Crippen MR) is 95.2 cm³/mol. The van der Waals surface area contributed by atoms with Crippen molar-refractivity contribution in [2.45, 2.75) is 19.0 Å². The number of halogens is 1. The van der Waals surface area contributed by atoms with Crippen molar-refractivity contribution in [3.63, 3.8) is 0 Å². The van der Waals surface area contributed by atoms with E-state index in [4.69, 9.17) is 4.74 Å². The number of likely N-dealkylation sites (N-methyl/N-ethyl adjacent to an activating group) is 1. The zero-order valence-corrected chi connectivity index (χ0v) is 15.4. The molecule has 0 aliphatic carbocycles. The van der Waals surface area contributed by atoms with Gasteiger partial charge in [-0.2, -0.15) is 5.10 Å². The molecule has 24 heavy (non-hydrogen) atoms. The molecule has 0 spiro atoms. The van der Waals surface area contributed by atoms with Gasteiger partial charge in [-0.15, -0.1) is 0 Å². The molecule has 1 unspecified atom stereocenters. The Morgan fingerprint density at radius 2 is 2.17 bits per heavy atom. The number of carbonyl (C=O) groups excluding carboxylic acids is 1. The van der Waals surface area contributed by atoms with Gasteiger partial charge in [-0.3, -0.25) is 4.79 Å². The minimum Gasteiger partial charge on any atom is -0.477 e. The molecular weight excluding hydrogens is 372 g/mol. The Hall–Kier alpha value is -1.86. The van der Waals surface area contributed by atoms with E-state index in [9.17, 15) is 4.79 Å². The molecule has 1 aromatic carbocycles. The van der Waals surface area contributed by atoms with Crippen LogP contribution in [0.25, 0.3) is 0 Å². The number of benzene rings is 1. The van der Waals surface area contributed by atoms with Crippen LogP contribution in [-0.2, 0) is 6.54 Å². The first-order valence-electron chi connectivity index (χ1n) is 7.96. The lowest BCUT2D eigenvalue weighted by atomic mass is 10.1. The summed E-state index contributed by atoms with van der Waals surface area (Å²) in [6, 6.07) is 10.2. The van der Waals surface area contributed by atoms with Crippen LogP contribution in [0.4, 0.5) is 0 Å². The van der Waals surface area contributed by atoms with Gasteiger partial charge in [0.1, 0.15) is 4.47 Å². The second-order valence-corrected chi connectivity index (χ2v) is 6.79. The number of fused-ring (bicyclic) bond motifs is 1. The zero-order valence-electron chi connectivity index (χ0n) is 13.8. The maximum Gasteiger partial charge on any atom is 0.273 e. The zero-order chi connectivity index (χ0) is 17.1. The van der Waals surface area contributed by atoms with E-state index in [1.165, 1.54) is 0 Å². The maximum atomic E-state index is 12.6. The minimum atomic E-state index is -0.199. The second-order valence-electron chi connectivity index (χ2n) is 5.99. The second kappa shape index (κ2) is 7.36. The van der Waals surface area contributed by atoms with Gasteiger partial charge in [-0.05, 0) is 35.6 Å². The molecule has 0 saturated carbocycles.